The molecule has 0 bridgehead atoms. The predicted molar refractivity (Wildman–Crippen MR) is 79.2 cm³/mol. The molecule has 0 aliphatic heterocycles. The largest absolute Gasteiger partial charge is 0.297 e. The SMILES string of the molecule is CC(C)(OS(=O)(=O)c1ccc(Cl)cc1)c1ccccc1. The Balaban J connectivity index is 2.30. The molecule has 5 heteroatoms. The van der Waals surface area contributed by atoms with Gasteiger partial charge in [-0.1, -0.05) is 41.9 Å². The van der Waals surface area contributed by atoms with Gasteiger partial charge in [-0.05, 0) is 43.7 Å². The van der Waals surface area contributed by atoms with E-state index in [0.29, 0.717) is 5.02 Å². The van der Waals surface area contributed by atoms with Gasteiger partial charge in [0.2, 0.25) is 0 Å². The fourth-order valence-corrected chi connectivity index (χ4v) is 3.15. The third-order valence-corrected chi connectivity index (χ3v) is 4.63. The van der Waals surface area contributed by atoms with E-state index in [2.05, 4.69) is 0 Å². The van der Waals surface area contributed by atoms with Gasteiger partial charge in [0.15, 0.2) is 0 Å². The molecule has 0 atom stereocenters. The monoisotopic (exact) mass is 310 g/mol. The van der Waals surface area contributed by atoms with Gasteiger partial charge in [0.05, 0.1) is 4.90 Å². The normalized spacial score (nSPS) is 12.3. The Morgan fingerprint density at radius 1 is 0.950 bits per heavy atom. The van der Waals surface area contributed by atoms with Crippen molar-refractivity contribution in [3.8, 4) is 0 Å². The van der Waals surface area contributed by atoms with Crippen molar-refractivity contribution < 1.29 is 12.6 Å². The minimum atomic E-state index is -3.84. The highest BCUT2D eigenvalue weighted by atomic mass is 35.5. The minimum absolute atomic E-state index is 0.0888. The van der Waals surface area contributed by atoms with Crippen LogP contribution in [-0.2, 0) is 19.9 Å². The van der Waals surface area contributed by atoms with Crippen LogP contribution in [0.25, 0.3) is 0 Å². The molecular weight excluding hydrogens is 296 g/mol. The average molecular weight is 311 g/mol. The maximum atomic E-state index is 12.3. The molecule has 0 aliphatic rings. The molecule has 0 saturated carbocycles. The summed E-state index contributed by atoms with van der Waals surface area (Å²) in [5.74, 6) is 0. The van der Waals surface area contributed by atoms with E-state index in [9.17, 15) is 8.42 Å². The van der Waals surface area contributed by atoms with Crippen molar-refractivity contribution in [1.82, 2.24) is 0 Å². The van der Waals surface area contributed by atoms with Gasteiger partial charge in [-0.15, -0.1) is 0 Å². The Labute approximate surface area is 124 Å². The van der Waals surface area contributed by atoms with Crippen molar-refractivity contribution in [3.05, 3.63) is 65.2 Å². The lowest BCUT2D eigenvalue weighted by molar-refractivity contribution is 0.117. The topological polar surface area (TPSA) is 43.4 Å². The van der Waals surface area contributed by atoms with Gasteiger partial charge in [0, 0.05) is 5.02 Å². The fourth-order valence-electron chi connectivity index (χ4n) is 1.81. The molecule has 0 unspecified atom stereocenters. The quantitative estimate of drug-likeness (QED) is 0.802. The van der Waals surface area contributed by atoms with Gasteiger partial charge < -0.3 is 0 Å². The van der Waals surface area contributed by atoms with Gasteiger partial charge in [0.1, 0.15) is 5.60 Å². The zero-order valence-electron chi connectivity index (χ0n) is 11.2. The molecular formula is C15H15ClO3S. The Kier molecular flexibility index (Phi) is 4.18. The lowest BCUT2D eigenvalue weighted by Crippen LogP contribution is -2.25. The lowest BCUT2D eigenvalue weighted by atomic mass is 9.99. The Morgan fingerprint density at radius 2 is 1.50 bits per heavy atom. The summed E-state index contributed by atoms with van der Waals surface area (Å²) in [4.78, 5) is 0.0888. The summed E-state index contributed by atoms with van der Waals surface area (Å²) in [6, 6.07) is 15.1. The second-order valence-corrected chi connectivity index (χ2v) is 6.85. The number of hydrogen-bond acceptors (Lipinski definition) is 3. The van der Waals surface area contributed by atoms with Gasteiger partial charge >= 0.3 is 0 Å². The summed E-state index contributed by atoms with van der Waals surface area (Å²) in [6.07, 6.45) is 0. The van der Waals surface area contributed by atoms with Crippen LogP contribution >= 0.6 is 11.6 Å². The van der Waals surface area contributed by atoms with Crippen LogP contribution in [0.1, 0.15) is 19.4 Å². The van der Waals surface area contributed by atoms with Crippen LogP contribution in [0.2, 0.25) is 5.02 Å². The molecule has 0 heterocycles. The third kappa shape index (κ3) is 3.39. The second-order valence-electron chi connectivity index (χ2n) is 4.87. The summed E-state index contributed by atoms with van der Waals surface area (Å²) in [5, 5.41) is 0.478. The van der Waals surface area contributed by atoms with Crippen LogP contribution < -0.4 is 0 Å². The highest BCUT2D eigenvalue weighted by molar-refractivity contribution is 7.86. The van der Waals surface area contributed by atoms with E-state index < -0.39 is 15.7 Å². The number of rotatable bonds is 4. The van der Waals surface area contributed by atoms with E-state index in [-0.39, 0.29) is 4.90 Å². The van der Waals surface area contributed by atoms with Crippen molar-refractivity contribution in [1.29, 1.82) is 0 Å². The van der Waals surface area contributed by atoms with Crippen LogP contribution in [0.3, 0.4) is 0 Å². The molecule has 2 aromatic carbocycles. The minimum Gasteiger partial charge on any atom is -0.255 e. The first-order chi connectivity index (χ1) is 9.31. The number of benzene rings is 2. The summed E-state index contributed by atoms with van der Waals surface area (Å²) in [6.45, 7) is 3.44. The first kappa shape index (κ1) is 15.0. The van der Waals surface area contributed by atoms with E-state index in [4.69, 9.17) is 15.8 Å². The lowest BCUT2D eigenvalue weighted by Gasteiger charge is -2.25. The van der Waals surface area contributed by atoms with Crippen LogP contribution in [0.15, 0.2) is 59.5 Å². The molecule has 0 aromatic heterocycles. The maximum absolute atomic E-state index is 12.3. The van der Waals surface area contributed by atoms with Crippen LogP contribution in [0, 0.1) is 0 Å². The van der Waals surface area contributed by atoms with Crippen LogP contribution in [-0.4, -0.2) is 8.42 Å². The van der Waals surface area contributed by atoms with Crippen molar-refractivity contribution in [2.75, 3.05) is 0 Å². The zero-order chi connectivity index (χ0) is 14.8. The van der Waals surface area contributed by atoms with E-state index >= 15 is 0 Å². The molecule has 0 radical (unpaired) electrons. The predicted octanol–water partition coefficient (Wildman–Crippen LogP) is 3.98. The molecule has 0 saturated heterocycles. The molecule has 0 N–H and O–H groups in total. The third-order valence-electron chi connectivity index (χ3n) is 2.89. The standard InChI is InChI=1S/C15H15ClO3S/c1-15(2,12-6-4-3-5-7-12)19-20(17,18)14-10-8-13(16)9-11-14/h3-11H,1-2H3. The molecule has 0 spiro atoms. The van der Waals surface area contributed by atoms with E-state index in [1.807, 2.05) is 30.3 Å². The molecule has 2 rings (SSSR count). The average Bonchev–Trinajstić information content (AvgIpc) is 2.39. The molecule has 0 amide bonds. The van der Waals surface area contributed by atoms with Gasteiger partial charge in [0.25, 0.3) is 10.1 Å². The Bertz CT molecular complexity index is 677. The molecule has 106 valence electrons. The summed E-state index contributed by atoms with van der Waals surface area (Å²) in [7, 11) is -3.84. The van der Waals surface area contributed by atoms with E-state index in [1.165, 1.54) is 24.3 Å². The first-order valence-corrected chi connectivity index (χ1v) is 7.87. The first-order valence-electron chi connectivity index (χ1n) is 6.08. The molecule has 0 aliphatic carbocycles. The van der Waals surface area contributed by atoms with Gasteiger partial charge in [-0.3, -0.25) is 4.18 Å². The van der Waals surface area contributed by atoms with Crippen LogP contribution in [0.4, 0.5) is 0 Å². The highest BCUT2D eigenvalue weighted by Crippen LogP contribution is 2.29. The number of hydrogen-bond donors (Lipinski definition) is 0. The maximum Gasteiger partial charge on any atom is 0.297 e. The zero-order valence-corrected chi connectivity index (χ0v) is 12.8. The fraction of sp³-hybridized carbons (Fsp3) is 0.200. The van der Waals surface area contributed by atoms with Crippen molar-refractivity contribution in [2.45, 2.75) is 24.3 Å². The molecule has 3 nitrogen and oxygen atoms in total. The van der Waals surface area contributed by atoms with Gasteiger partial charge in [-0.2, -0.15) is 8.42 Å². The Hall–Kier alpha value is -1.36. The van der Waals surface area contributed by atoms with E-state index in [0.717, 1.165) is 5.56 Å². The molecule has 0 fully saturated rings. The molecule has 2 aromatic rings. The Morgan fingerprint density at radius 3 is 2.05 bits per heavy atom. The van der Waals surface area contributed by atoms with Crippen molar-refractivity contribution >= 4 is 21.7 Å². The van der Waals surface area contributed by atoms with E-state index in [1.54, 1.807) is 13.8 Å². The summed E-state index contributed by atoms with van der Waals surface area (Å²) in [5.41, 5.74) is -0.155. The van der Waals surface area contributed by atoms with Gasteiger partial charge in [-0.25, -0.2) is 0 Å². The molecule has 20 heavy (non-hydrogen) atoms. The highest BCUT2D eigenvalue weighted by Gasteiger charge is 2.29. The second kappa shape index (κ2) is 5.56. The number of halogens is 1. The van der Waals surface area contributed by atoms with Crippen LogP contribution in [0.5, 0.6) is 0 Å². The summed E-state index contributed by atoms with van der Waals surface area (Å²) >= 11 is 5.76. The van der Waals surface area contributed by atoms with Crippen molar-refractivity contribution in [3.63, 3.8) is 0 Å². The summed E-state index contributed by atoms with van der Waals surface area (Å²) < 4.78 is 29.9. The van der Waals surface area contributed by atoms with Crippen molar-refractivity contribution in [2.24, 2.45) is 0 Å². The smallest absolute Gasteiger partial charge is 0.255 e.